The molecule has 1 atom stereocenters. The van der Waals surface area contributed by atoms with E-state index in [-0.39, 0.29) is 17.6 Å². The van der Waals surface area contributed by atoms with Gasteiger partial charge < -0.3 is 5.32 Å². The van der Waals surface area contributed by atoms with Gasteiger partial charge in [0.2, 0.25) is 5.91 Å². The summed E-state index contributed by atoms with van der Waals surface area (Å²) < 4.78 is 0. The lowest BCUT2D eigenvalue weighted by Gasteiger charge is -2.18. The Hall–Kier alpha value is -1.90. The van der Waals surface area contributed by atoms with Gasteiger partial charge in [0.15, 0.2) is 5.78 Å². The van der Waals surface area contributed by atoms with Gasteiger partial charge in [-0.2, -0.15) is 0 Å². The van der Waals surface area contributed by atoms with Gasteiger partial charge in [0.25, 0.3) is 0 Å². The summed E-state index contributed by atoms with van der Waals surface area (Å²) >= 11 is 0. The summed E-state index contributed by atoms with van der Waals surface area (Å²) in [5.41, 5.74) is 1.18. The van der Waals surface area contributed by atoms with Crippen LogP contribution in [0.4, 0.5) is 5.69 Å². The van der Waals surface area contributed by atoms with E-state index in [2.05, 4.69) is 11.4 Å². The molecule has 1 amide bonds. The van der Waals surface area contributed by atoms with Crippen LogP contribution < -0.4 is 5.32 Å². The van der Waals surface area contributed by atoms with Crippen molar-refractivity contribution in [1.82, 2.24) is 0 Å². The molecule has 1 N–H and O–H groups in total. The third-order valence-electron chi connectivity index (χ3n) is 3.20. The fourth-order valence-corrected chi connectivity index (χ4v) is 2.17. The second kappa shape index (κ2) is 5.63. The van der Waals surface area contributed by atoms with Crippen LogP contribution in [0.5, 0.6) is 0 Å². The molecule has 0 aromatic heterocycles. The van der Waals surface area contributed by atoms with E-state index in [0.717, 1.165) is 19.3 Å². The molecule has 1 unspecified atom stereocenters. The van der Waals surface area contributed by atoms with Crippen molar-refractivity contribution in [2.75, 3.05) is 5.32 Å². The first-order chi connectivity index (χ1) is 8.68. The van der Waals surface area contributed by atoms with E-state index >= 15 is 0 Å². The van der Waals surface area contributed by atoms with E-state index in [9.17, 15) is 9.59 Å². The van der Waals surface area contributed by atoms with Crippen molar-refractivity contribution in [2.45, 2.75) is 26.2 Å². The minimum Gasteiger partial charge on any atom is -0.325 e. The number of para-hydroxylation sites is 1. The summed E-state index contributed by atoms with van der Waals surface area (Å²) in [5, 5.41) is 2.87. The highest BCUT2D eigenvalue weighted by Crippen LogP contribution is 2.22. The molecule has 1 aromatic rings. The lowest BCUT2D eigenvalue weighted by atomic mass is 9.93. The molecule has 3 heteroatoms. The van der Waals surface area contributed by atoms with E-state index in [1.807, 2.05) is 12.1 Å². The van der Waals surface area contributed by atoms with Gasteiger partial charge in [0.1, 0.15) is 0 Å². The van der Waals surface area contributed by atoms with E-state index in [1.165, 1.54) is 6.92 Å². The summed E-state index contributed by atoms with van der Waals surface area (Å²) in [6, 6.07) is 7.13. The normalized spacial score (nSPS) is 18.4. The summed E-state index contributed by atoms with van der Waals surface area (Å²) in [4.78, 5) is 23.5. The highest BCUT2D eigenvalue weighted by molar-refractivity contribution is 6.04. The monoisotopic (exact) mass is 243 g/mol. The molecule has 0 fully saturated rings. The molecular weight excluding hydrogens is 226 g/mol. The number of nitrogens with one attached hydrogen (secondary N) is 1. The molecule has 0 saturated carbocycles. The molecule has 1 aliphatic rings. The Morgan fingerprint density at radius 1 is 1.22 bits per heavy atom. The summed E-state index contributed by atoms with van der Waals surface area (Å²) in [6.45, 7) is 1.51. The second-order valence-electron chi connectivity index (χ2n) is 4.57. The van der Waals surface area contributed by atoms with Crippen LogP contribution in [-0.2, 0) is 4.79 Å². The number of carbonyl (C=O) groups is 2. The van der Waals surface area contributed by atoms with Crippen molar-refractivity contribution in [1.29, 1.82) is 0 Å². The topological polar surface area (TPSA) is 46.2 Å². The van der Waals surface area contributed by atoms with Gasteiger partial charge in [0.05, 0.1) is 5.69 Å². The third kappa shape index (κ3) is 2.86. The molecule has 0 saturated heterocycles. The number of hydrogen-bond acceptors (Lipinski definition) is 2. The van der Waals surface area contributed by atoms with Gasteiger partial charge in [-0.3, -0.25) is 9.59 Å². The first-order valence-electron chi connectivity index (χ1n) is 6.24. The van der Waals surface area contributed by atoms with Crippen LogP contribution in [0.1, 0.15) is 36.5 Å². The Labute approximate surface area is 107 Å². The van der Waals surface area contributed by atoms with Crippen LogP contribution in [-0.4, -0.2) is 11.7 Å². The number of amides is 1. The van der Waals surface area contributed by atoms with Gasteiger partial charge in [0, 0.05) is 11.5 Å². The van der Waals surface area contributed by atoms with Crippen LogP contribution >= 0.6 is 0 Å². The van der Waals surface area contributed by atoms with Crippen molar-refractivity contribution in [3.05, 3.63) is 42.0 Å². The zero-order chi connectivity index (χ0) is 13.0. The quantitative estimate of drug-likeness (QED) is 0.654. The maximum absolute atomic E-state index is 12.1. The Kier molecular flexibility index (Phi) is 3.92. The summed E-state index contributed by atoms with van der Waals surface area (Å²) in [7, 11) is 0. The van der Waals surface area contributed by atoms with E-state index < -0.39 is 0 Å². The maximum atomic E-state index is 12.1. The SMILES string of the molecule is CC(=O)c1ccccc1NC(=O)C1CC=CCC1. The van der Waals surface area contributed by atoms with E-state index in [0.29, 0.717) is 11.3 Å². The molecule has 1 aromatic carbocycles. The molecule has 0 spiro atoms. The molecule has 2 rings (SSSR count). The largest absolute Gasteiger partial charge is 0.325 e. The van der Waals surface area contributed by atoms with Crippen LogP contribution in [0.25, 0.3) is 0 Å². The number of anilines is 1. The predicted molar refractivity (Wildman–Crippen MR) is 71.6 cm³/mol. The van der Waals surface area contributed by atoms with Crippen molar-refractivity contribution in [3.63, 3.8) is 0 Å². The Morgan fingerprint density at radius 2 is 2.00 bits per heavy atom. The fraction of sp³-hybridized carbons (Fsp3) is 0.333. The van der Waals surface area contributed by atoms with Gasteiger partial charge in [-0.05, 0) is 38.3 Å². The van der Waals surface area contributed by atoms with Crippen molar-refractivity contribution in [3.8, 4) is 0 Å². The van der Waals surface area contributed by atoms with Crippen molar-refractivity contribution >= 4 is 17.4 Å². The lowest BCUT2D eigenvalue weighted by molar-refractivity contribution is -0.120. The smallest absolute Gasteiger partial charge is 0.227 e. The standard InChI is InChI=1S/C15H17NO2/c1-11(17)13-9-5-6-10-14(13)16-15(18)12-7-3-2-4-8-12/h2-3,5-6,9-10,12H,4,7-8H2,1H3,(H,16,18). The Balaban J connectivity index is 2.11. The van der Waals surface area contributed by atoms with Gasteiger partial charge in [-0.1, -0.05) is 24.3 Å². The summed E-state index contributed by atoms with van der Waals surface area (Å²) in [5.74, 6) is -0.00231. The Morgan fingerprint density at radius 3 is 2.67 bits per heavy atom. The first-order valence-corrected chi connectivity index (χ1v) is 6.24. The van der Waals surface area contributed by atoms with Gasteiger partial charge >= 0.3 is 0 Å². The number of Topliss-reactive ketones (excluding diaryl/α,β-unsaturated/α-hetero) is 1. The van der Waals surface area contributed by atoms with Gasteiger partial charge in [-0.15, -0.1) is 0 Å². The summed E-state index contributed by atoms with van der Waals surface area (Å²) in [6.07, 6.45) is 6.77. The molecule has 0 radical (unpaired) electrons. The predicted octanol–water partition coefficient (Wildman–Crippen LogP) is 3.18. The lowest BCUT2D eigenvalue weighted by Crippen LogP contribution is -2.24. The number of allylic oxidation sites excluding steroid dienone is 2. The highest BCUT2D eigenvalue weighted by Gasteiger charge is 2.19. The molecular formula is C15H17NO2. The minimum absolute atomic E-state index is 0.00745. The average molecular weight is 243 g/mol. The number of benzene rings is 1. The Bertz CT molecular complexity index is 491. The fourth-order valence-electron chi connectivity index (χ4n) is 2.17. The van der Waals surface area contributed by atoms with Crippen LogP contribution in [0.3, 0.4) is 0 Å². The van der Waals surface area contributed by atoms with Gasteiger partial charge in [-0.25, -0.2) is 0 Å². The minimum atomic E-state index is -0.0329. The average Bonchev–Trinajstić information content (AvgIpc) is 2.40. The second-order valence-corrected chi connectivity index (χ2v) is 4.57. The molecule has 18 heavy (non-hydrogen) atoms. The van der Waals surface area contributed by atoms with E-state index in [4.69, 9.17) is 0 Å². The number of carbonyl (C=O) groups excluding carboxylic acids is 2. The number of rotatable bonds is 3. The number of hydrogen-bond donors (Lipinski definition) is 1. The van der Waals surface area contributed by atoms with Crippen LogP contribution in [0.2, 0.25) is 0 Å². The van der Waals surface area contributed by atoms with E-state index in [1.54, 1.807) is 18.2 Å². The molecule has 0 aliphatic heterocycles. The van der Waals surface area contributed by atoms with Crippen LogP contribution in [0.15, 0.2) is 36.4 Å². The zero-order valence-electron chi connectivity index (χ0n) is 10.5. The van der Waals surface area contributed by atoms with Crippen LogP contribution in [0, 0.1) is 5.92 Å². The first kappa shape index (κ1) is 12.6. The highest BCUT2D eigenvalue weighted by atomic mass is 16.2. The zero-order valence-corrected chi connectivity index (χ0v) is 10.5. The number of ketones is 1. The molecule has 0 bridgehead atoms. The maximum Gasteiger partial charge on any atom is 0.227 e. The molecule has 3 nitrogen and oxygen atoms in total. The molecule has 0 heterocycles. The van der Waals surface area contributed by atoms with Crippen molar-refractivity contribution < 1.29 is 9.59 Å². The third-order valence-corrected chi connectivity index (χ3v) is 3.20. The van der Waals surface area contributed by atoms with Crippen molar-refractivity contribution in [2.24, 2.45) is 5.92 Å². The molecule has 94 valence electrons. The molecule has 1 aliphatic carbocycles.